The molecule has 6 nitrogen and oxygen atoms in total. The molecule has 7 heteroatoms. The average molecular weight is 487 g/mol. The Balaban J connectivity index is 1.31. The average Bonchev–Trinajstić information content (AvgIpc) is 3.44. The van der Waals surface area contributed by atoms with Crippen molar-refractivity contribution < 1.29 is 9.59 Å². The minimum Gasteiger partial charge on any atom is -0.334 e. The molecular weight excluding hydrogens is 456 g/mol. The number of amides is 3. The van der Waals surface area contributed by atoms with Gasteiger partial charge in [0.15, 0.2) is 0 Å². The number of fused-ring (bicyclic) bond motifs is 1. The molecule has 1 unspecified atom stereocenters. The largest absolute Gasteiger partial charge is 0.334 e. The molecule has 3 heterocycles. The van der Waals surface area contributed by atoms with Gasteiger partial charge in [-0.3, -0.25) is 4.79 Å². The van der Waals surface area contributed by atoms with Crippen LogP contribution in [-0.4, -0.2) is 52.0 Å². The van der Waals surface area contributed by atoms with Gasteiger partial charge in [0, 0.05) is 43.3 Å². The highest BCUT2D eigenvalue weighted by Gasteiger charge is 2.32. The van der Waals surface area contributed by atoms with Crippen LogP contribution < -0.4 is 5.32 Å². The molecule has 1 atom stereocenters. The molecule has 0 bridgehead atoms. The number of nitrogens with one attached hydrogen (secondary N) is 1. The summed E-state index contributed by atoms with van der Waals surface area (Å²) in [5.74, 6) is 0.0194. The van der Waals surface area contributed by atoms with E-state index in [1.807, 2.05) is 54.0 Å². The van der Waals surface area contributed by atoms with Gasteiger partial charge >= 0.3 is 6.03 Å². The maximum absolute atomic E-state index is 13.7. The summed E-state index contributed by atoms with van der Waals surface area (Å²) >= 11 is 1.66. The maximum Gasteiger partial charge on any atom is 0.322 e. The third-order valence-corrected chi connectivity index (χ3v) is 7.61. The monoisotopic (exact) mass is 486 g/mol. The highest BCUT2D eigenvalue weighted by atomic mass is 32.1. The lowest BCUT2D eigenvalue weighted by atomic mass is 10.1. The number of hydrogen-bond acceptors (Lipinski definition) is 3. The summed E-state index contributed by atoms with van der Waals surface area (Å²) in [5.41, 5.74) is 5.02. The van der Waals surface area contributed by atoms with E-state index in [9.17, 15) is 9.59 Å². The van der Waals surface area contributed by atoms with Gasteiger partial charge in [-0.15, -0.1) is 11.3 Å². The number of aromatic nitrogens is 1. The fraction of sp³-hybridized carbons (Fsp3) is 0.286. The van der Waals surface area contributed by atoms with Crippen molar-refractivity contribution in [3.8, 4) is 0 Å². The molecule has 0 radical (unpaired) electrons. The maximum atomic E-state index is 13.7. The smallest absolute Gasteiger partial charge is 0.322 e. The van der Waals surface area contributed by atoms with E-state index in [1.54, 1.807) is 11.3 Å². The van der Waals surface area contributed by atoms with Crippen LogP contribution in [0, 0.1) is 13.8 Å². The van der Waals surface area contributed by atoms with Crippen LogP contribution in [-0.2, 0) is 6.54 Å². The Morgan fingerprint density at radius 1 is 0.971 bits per heavy atom. The molecule has 1 N–H and O–H groups in total. The molecule has 3 amide bonds. The SMILES string of the molecule is Cc1ccc(Cn2c(C(=O)N3CCN(C(=O)Nc4ccc(C)cc4)C(C)C3)cc3ccsc32)cc1. The number of aryl methyl sites for hydroxylation is 2. The Kier molecular flexibility index (Phi) is 6.34. The number of anilines is 1. The van der Waals surface area contributed by atoms with Gasteiger partial charge < -0.3 is 19.7 Å². The molecule has 1 fully saturated rings. The number of benzene rings is 2. The zero-order valence-corrected chi connectivity index (χ0v) is 21.1. The Morgan fingerprint density at radius 3 is 2.34 bits per heavy atom. The molecular formula is C28H30N4O2S. The number of nitrogens with zero attached hydrogens (tertiary/aromatic N) is 3. The molecule has 35 heavy (non-hydrogen) atoms. The van der Waals surface area contributed by atoms with Crippen LogP contribution in [0.2, 0.25) is 0 Å². The zero-order valence-electron chi connectivity index (χ0n) is 20.3. The summed E-state index contributed by atoms with van der Waals surface area (Å²) in [4.78, 5) is 31.4. The molecule has 1 aliphatic heterocycles. The van der Waals surface area contributed by atoms with Crippen LogP contribution in [0.15, 0.2) is 66.0 Å². The lowest BCUT2D eigenvalue weighted by Crippen LogP contribution is -2.56. The lowest BCUT2D eigenvalue weighted by Gasteiger charge is -2.39. The van der Waals surface area contributed by atoms with Crippen molar-refractivity contribution in [2.45, 2.75) is 33.4 Å². The Hall–Kier alpha value is -3.58. The Morgan fingerprint density at radius 2 is 1.66 bits per heavy atom. The van der Waals surface area contributed by atoms with Crippen molar-refractivity contribution in [2.24, 2.45) is 0 Å². The lowest BCUT2D eigenvalue weighted by molar-refractivity contribution is 0.0583. The Bertz CT molecular complexity index is 1350. The second-order valence-corrected chi connectivity index (χ2v) is 10.3. The van der Waals surface area contributed by atoms with Crippen LogP contribution >= 0.6 is 11.3 Å². The fourth-order valence-corrected chi connectivity index (χ4v) is 5.52. The third kappa shape index (κ3) is 4.82. The quantitative estimate of drug-likeness (QED) is 0.400. The summed E-state index contributed by atoms with van der Waals surface area (Å²) in [6.07, 6.45) is 0. The van der Waals surface area contributed by atoms with Crippen molar-refractivity contribution in [1.29, 1.82) is 0 Å². The second-order valence-electron chi connectivity index (χ2n) is 9.37. The number of hydrogen-bond donors (Lipinski definition) is 1. The van der Waals surface area contributed by atoms with Gasteiger partial charge in [-0.1, -0.05) is 47.5 Å². The minimum absolute atomic E-state index is 0.0194. The first-order chi connectivity index (χ1) is 16.9. The van der Waals surface area contributed by atoms with Crippen molar-refractivity contribution >= 4 is 39.2 Å². The van der Waals surface area contributed by atoms with Gasteiger partial charge in [-0.05, 0) is 56.0 Å². The summed E-state index contributed by atoms with van der Waals surface area (Å²) < 4.78 is 2.13. The van der Waals surface area contributed by atoms with E-state index in [2.05, 4.69) is 52.5 Å². The van der Waals surface area contributed by atoms with Gasteiger partial charge in [-0.25, -0.2) is 4.79 Å². The van der Waals surface area contributed by atoms with Crippen LogP contribution in [0.5, 0.6) is 0 Å². The molecule has 0 saturated carbocycles. The minimum atomic E-state index is -0.128. The number of urea groups is 1. The Labute approximate surface area is 209 Å². The topological polar surface area (TPSA) is 57.6 Å². The predicted molar refractivity (Wildman–Crippen MR) is 142 cm³/mol. The number of carbonyl (C=O) groups is 2. The predicted octanol–water partition coefficient (Wildman–Crippen LogP) is 5.75. The summed E-state index contributed by atoms with van der Waals surface area (Å²) in [6.45, 7) is 8.26. The molecule has 2 aromatic carbocycles. The molecule has 4 aromatic rings. The van der Waals surface area contributed by atoms with Crippen molar-refractivity contribution in [2.75, 3.05) is 25.0 Å². The fourth-order valence-electron chi connectivity index (χ4n) is 4.62. The first-order valence-electron chi connectivity index (χ1n) is 11.9. The van der Waals surface area contributed by atoms with Crippen LogP contribution in [0.4, 0.5) is 10.5 Å². The molecule has 180 valence electrons. The first kappa shape index (κ1) is 23.2. The highest BCUT2D eigenvalue weighted by molar-refractivity contribution is 7.16. The van der Waals surface area contributed by atoms with Crippen LogP contribution in [0.25, 0.3) is 10.2 Å². The van der Waals surface area contributed by atoms with Crippen LogP contribution in [0.1, 0.15) is 34.1 Å². The molecule has 2 aromatic heterocycles. The summed E-state index contributed by atoms with van der Waals surface area (Å²) in [6, 6.07) is 20.1. The van der Waals surface area contributed by atoms with Gasteiger partial charge in [-0.2, -0.15) is 0 Å². The zero-order chi connectivity index (χ0) is 24.5. The van der Waals surface area contributed by atoms with Crippen molar-refractivity contribution in [3.63, 3.8) is 0 Å². The van der Waals surface area contributed by atoms with E-state index in [4.69, 9.17) is 0 Å². The van der Waals surface area contributed by atoms with Gasteiger partial charge in [0.2, 0.25) is 0 Å². The van der Waals surface area contributed by atoms with Gasteiger partial charge in [0.05, 0.1) is 0 Å². The van der Waals surface area contributed by atoms with Crippen LogP contribution in [0.3, 0.4) is 0 Å². The van der Waals surface area contributed by atoms with Crippen molar-refractivity contribution in [3.05, 3.63) is 88.4 Å². The van der Waals surface area contributed by atoms with E-state index < -0.39 is 0 Å². The summed E-state index contributed by atoms with van der Waals surface area (Å²) in [5, 5.41) is 6.14. The first-order valence-corrected chi connectivity index (χ1v) is 12.8. The normalized spacial score (nSPS) is 16.0. The van der Waals surface area contributed by atoms with Gasteiger partial charge in [0.25, 0.3) is 5.91 Å². The molecule has 5 rings (SSSR count). The van der Waals surface area contributed by atoms with E-state index in [0.29, 0.717) is 31.9 Å². The highest BCUT2D eigenvalue weighted by Crippen LogP contribution is 2.28. The number of carbonyl (C=O) groups excluding carboxylic acids is 2. The third-order valence-electron chi connectivity index (χ3n) is 6.66. The number of rotatable bonds is 4. The molecule has 0 spiro atoms. The van der Waals surface area contributed by atoms with E-state index in [-0.39, 0.29) is 18.0 Å². The summed E-state index contributed by atoms with van der Waals surface area (Å²) in [7, 11) is 0. The van der Waals surface area contributed by atoms with E-state index >= 15 is 0 Å². The molecule has 1 aliphatic rings. The number of thiophene rings is 1. The molecule has 0 aliphatic carbocycles. The van der Waals surface area contributed by atoms with Gasteiger partial charge in [0.1, 0.15) is 10.5 Å². The molecule has 1 saturated heterocycles. The standard InChI is InChI=1S/C28H30N4O2S/c1-19-4-8-22(9-5-19)18-32-25(16-23-12-15-35-27(23)32)26(33)30-13-14-31(21(3)17-30)28(34)29-24-10-6-20(2)7-11-24/h4-12,15-16,21H,13-14,17-18H2,1-3H3,(H,29,34). The van der Waals surface area contributed by atoms with E-state index in [0.717, 1.165) is 21.5 Å². The van der Waals surface area contributed by atoms with Crippen molar-refractivity contribution in [1.82, 2.24) is 14.4 Å². The van der Waals surface area contributed by atoms with E-state index in [1.165, 1.54) is 11.1 Å². The second kappa shape index (κ2) is 9.58. The number of piperazine rings is 1.